The van der Waals surface area contributed by atoms with Gasteiger partial charge in [-0.15, -0.1) is 0 Å². The smallest absolute Gasteiger partial charge is 0.143 e. The molecule has 12 rings (SSSR count). The largest absolute Gasteiger partial charge is 0.455 e. The molecule has 0 amide bonds. The molecular weight excluding hydrogens is 713 g/mol. The molecule has 274 valence electrons. The maximum absolute atomic E-state index is 6.94. The molecule has 0 aliphatic carbocycles. The second-order valence-corrected chi connectivity index (χ2v) is 15.5. The predicted molar refractivity (Wildman–Crippen MR) is 251 cm³/mol. The Labute approximate surface area is 342 Å². The first-order valence-electron chi connectivity index (χ1n) is 20.3. The summed E-state index contributed by atoms with van der Waals surface area (Å²) in [5, 5.41) is 12.1. The van der Waals surface area contributed by atoms with E-state index in [2.05, 4.69) is 218 Å². The number of para-hydroxylation sites is 1. The van der Waals surface area contributed by atoms with Gasteiger partial charge in [0.25, 0.3) is 0 Å². The van der Waals surface area contributed by atoms with Gasteiger partial charge in [-0.05, 0) is 106 Å². The average molecular weight is 749 g/mol. The Morgan fingerprint density at radius 1 is 0.220 bits per heavy atom. The molecule has 12 aromatic rings. The van der Waals surface area contributed by atoms with Crippen LogP contribution >= 0.6 is 0 Å². The lowest BCUT2D eigenvalue weighted by molar-refractivity contribution is 0.670. The summed E-state index contributed by atoms with van der Waals surface area (Å²) in [4.78, 5) is 0. The molecule has 0 fully saturated rings. The Morgan fingerprint density at radius 2 is 0.610 bits per heavy atom. The Hall–Kier alpha value is -7.74. The van der Waals surface area contributed by atoms with Crippen molar-refractivity contribution in [2.24, 2.45) is 0 Å². The van der Waals surface area contributed by atoms with Crippen molar-refractivity contribution < 1.29 is 4.42 Å². The zero-order valence-corrected chi connectivity index (χ0v) is 32.2. The van der Waals surface area contributed by atoms with Gasteiger partial charge in [-0.25, -0.2) is 0 Å². The van der Waals surface area contributed by atoms with Gasteiger partial charge < -0.3 is 4.42 Å². The Kier molecular flexibility index (Phi) is 7.61. The van der Waals surface area contributed by atoms with Crippen molar-refractivity contribution in [3.8, 4) is 55.6 Å². The number of rotatable bonds is 5. The fraction of sp³-hybridized carbons (Fsp3) is 0. The van der Waals surface area contributed by atoms with E-state index in [9.17, 15) is 0 Å². The second kappa shape index (κ2) is 13.4. The molecule has 0 spiro atoms. The van der Waals surface area contributed by atoms with E-state index in [1.165, 1.54) is 93.2 Å². The molecule has 0 atom stereocenters. The van der Waals surface area contributed by atoms with Crippen LogP contribution < -0.4 is 0 Å². The highest BCUT2D eigenvalue weighted by molar-refractivity contribution is 6.25. The van der Waals surface area contributed by atoms with Gasteiger partial charge in [-0.1, -0.05) is 200 Å². The number of furan rings is 1. The summed E-state index contributed by atoms with van der Waals surface area (Å²) < 4.78 is 6.94. The molecule has 0 N–H and O–H groups in total. The fourth-order valence-corrected chi connectivity index (χ4v) is 9.72. The normalized spacial score (nSPS) is 11.7. The minimum Gasteiger partial charge on any atom is -0.455 e. The van der Waals surface area contributed by atoms with Crippen LogP contribution in [0.15, 0.2) is 223 Å². The van der Waals surface area contributed by atoms with E-state index in [1.807, 2.05) is 0 Å². The number of benzene rings is 11. The van der Waals surface area contributed by atoms with Crippen molar-refractivity contribution in [3.63, 3.8) is 0 Å². The van der Waals surface area contributed by atoms with E-state index >= 15 is 0 Å². The van der Waals surface area contributed by atoms with Crippen LogP contribution in [-0.2, 0) is 0 Å². The molecule has 11 aromatic carbocycles. The molecule has 1 heterocycles. The predicted octanol–water partition coefficient (Wildman–Crippen LogP) is 16.5. The van der Waals surface area contributed by atoms with Gasteiger partial charge in [0.1, 0.15) is 11.2 Å². The SMILES string of the molecule is c1ccc(-c2cccc(-c3c4ccccc4c(-c4ccc5oc6c(-c7c8ccccc8c(-c8ccccc8)c8ccccc78)cccc6c5c4)c4ccccc34)c2)cc1. The molecule has 1 nitrogen and oxygen atoms in total. The maximum atomic E-state index is 6.94. The maximum Gasteiger partial charge on any atom is 0.143 e. The quantitative estimate of drug-likeness (QED) is 0.160. The summed E-state index contributed by atoms with van der Waals surface area (Å²) >= 11 is 0. The summed E-state index contributed by atoms with van der Waals surface area (Å²) in [5.41, 5.74) is 13.9. The van der Waals surface area contributed by atoms with Crippen molar-refractivity contribution >= 4 is 65.0 Å². The zero-order valence-electron chi connectivity index (χ0n) is 32.2. The molecule has 0 aliphatic heterocycles. The molecule has 1 heteroatoms. The minimum atomic E-state index is 0.883. The Morgan fingerprint density at radius 3 is 1.15 bits per heavy atom. The van der Waals surface area contributed by atoms with E-state index in [0.29, 0.717) is 0 Å². The fourth-order valence-electron chi connectivity index (χ4n) is 9.72. The first-order chi connectivity index (χ1) is 29.3. The summed E-state index contributed by atoms with van der Waals surface area (Å²) in [6.07, 6.45) is 0. The highest BCUT2D eigenvalue weighted by Gasteiger charge is 2.22. The summed E-state index contributed by atoms with van der Waals surface area (Å²) in [6.45, 7) is 0. The lowest BCUT2D eigenvalue weighted by Crippen LogP contribution is -1.91. The van der Waals surface area contributed by atoms with Crippen LogP contribution in [0.2, 0.25) is 0 Å². The topological polar surface area (TPSA) is 13.1 Å². The van der Waals surface area contributed by atoms with Crippen molar-refractivity contribution in [3.05, 3.63) is 218 Å². The Balaban J connectivity index is 1.08. The molecule has 0 unspecified atom stereocenters. The molecule has 0 saturated carbocycles. The van der Waals surface area contributed by atoms with Gasteiger partial charge in [0.05, 0.1) is 0 Å². The van der Waals surface area contributed by atoms with Gasteiger partial charge in [0.15, 0.2) is 0 Å². The molecule has 0 saturated heterocycles. The van der Waals surface area contributed by atoms with Gasteiger partial charge in [-0.3, -0.25) is 0 Å². The van der Waals surface area contributed by atoms with Crippen molar-refractivity contribution in [1.29, 1.82) is 0 Å². The molecule has 59 heavy (non-hydrogen) atoms. The second-order valence-electron chi connectivity index (χ2n) is 15.5. The summed E-state index contributed by atoms with van der Waals surface area (Å²) in [5.74, 6) is 0. The van der Waals surface area contributed by atoms with E-state index in [4.69, 9.17) is 4.42 Å². The van der Waals surface area contributed by atoms with Crippen LogP contribution in [0, 0.1) is 0 Å². The van der Waals surface area contributed by atoms with Gasteiger partial charge in [-0.2, -0.15) is 0 Å². The third-order valence-electron chi connectivity index (χ3n) is 12.2. The lowest BCUT2D eigenvalue weighted by atomic mass is 9.85. The minimum absolute atomic E-state index is 0.883. The van der Waals surface area contributed by atoms with Crippen molar-refractivity contribution in [1.82, 2.24) is 0 Å². The van der Waals surface area contributed by atoms with Crippen molar-refractivity contribution in [2.75, 3.05) is 0 Å². The van der Waals surface area contributed by atoms with Crippen molar-refractivity contribution in [2.45, 2.75) is 0 Å². The van der Waals surface area contributed by atoms with E-state index in [0.717, 1.165) is 27.5 Å². The van der Waals surface area contributed by atoms with Crippen LogP contribution in [-0.4, -0.2) is 0 Å². The Bertz CT molecular complexity index is 3480. The van der Waals surface area contributed by atoms with Gasteiger partial charge in [0.2, 0.25) is 0 Å². The third kappa shape index (κ3) is 5.25. The molecular formula is C58H36O. The first-order valence-corrected chi connectivity index (χ1v) is 20.3. The summed E-state index contributed by atoms with van der Waals surface area (Å²) in [7, 11) is 0. The number of hydrogen-bond acceptors (Lipinski definition) is 1. The molecule has 1 aromatic heterocycles. The van der Waals surface area contributed by atoms with Crippen LogP contribution in [0.1, 0.15) is 0 Å². The van der Waals surface area contributed by atoms with Crippen LogP contribution in [0.5, 0.6) is 0 Å². The third-order valence-corrected chi connectivity index (χ3v) is 12.2. The van der Waals surface area contributed by atoms with Crippen LogP contribution in [0.25, 0.3) is 121 Å². The van der Waals surface area contributed by atoms with E-state index < -0.39 is 0 Å². The number of fused-ring (bicyclic) bond motifs is 7. The van der Waals surface area contributed by atoms with Crippen LogP contribution in [0.3, 0.4) is 0 Å². The molecule has 0 bridgehead atoms. The highest BCUT2D eigenvalue weighted by Crippen LogP contribution is 2.48. The monoisotopic (exact) mass is 748 g/mol. The highest BCUT2D eigenvalue weighted by atomic mass is 16.3. The summed E-state index contributed by atoms with van der Waals surface area (Å²) in [6, 6.07) is 79.3. The van der Waals surface area contributed by atoms with E-state index in [1.54, 1.807) is 0 Å². The lowest BCUT2D eigenvalue weighted by Gasteiger charge is -2.18. The molecule has 0 aliphatic rings. The standard InChI is InChI=1S/C58H36O/c1-3-17-37(18-4-1)39-21-15-22-40(35-39)55-42-23-7-9-25-44(42)56(45-26-10-8-24-43(45)55)41-33-34-53-52(36-41)50-31-16-32-51(58(50)59-53)57-48-29-13-11-27-46(48)54(38-19-5-2-6-20-38)47-28-12-14-30-49(47)57/h1-36H. The number of hydrogen-bond donors (Lipinski definition) is 0. The van der Waals surface area contributed by atoms with Gasteiger partial charge >= 0.3 is 0 Å². The van der Waals surface area contributed by atoms with Gasteiger partial charge in [0, 0.05) is 21.9 Å². The van der Waals surface area contributed by atoms with E-state index in [-0.39, 0.29) is 0 Å². The first kappa shape index (κ1) is 33.4. The average Bonchev–Trinajstić information content (AvgIpc) is 3.69. The van der Waals surface area contributed by atoms with Crippen LogP contribution in [0.4, 0.5) is 0 Å². The zero-order chi connectivity index (χ0) is 38.9. The molecule has 0 radical (unpaired) electrons.